The van der Waals surface area contributed by atoms with Crippen molar-refractivity contribution in [1.29, 1.82) is 0 Å². The Balaban J connectivity index is 2.54. The molecule has 0 saturated carbocycles. The van der Waals surface area contributed by atoms with Crippen molar-refractivity contribution in [3.63, 3.8) is 0 Å². The van der Waals surface area contributed by atoms with Gasteiger partial charge in [-0.2, -0.15) is 0 Å². The Morgan fingerprint density at radius 2 is 2.00 bits per heavy atom. The minimum absolute atomic E-state index is 0.125. The van der Waals surface area contributed by atoms with E-state index in [-0.39, 0.29) is 18.6 Å². The number of hydrogen-bond donors (Lipinski definition) is 2. The molecule has 0 aliphatic carbocycles. The molecule has 0 spiro atoms. The Bertz CT molecular complexity index is 389. The van der Waals surface area contributed by atoms with Crippen LogP contribution < -0.4 is 10.5 Å². The number of rotatable bonds is 6. The highest BCUT2D eigenvalue weighted by molar-refractivity contribution is 7.57. The van der Waals surface area contributed by atoms with E-state index < -0.39 is 7.37 Å². The van der Waals surface area contributed by atoms with E-state index in [9.17, 15) is 9.46 Å². The van der Waals surface area contributed by atoms with Gasteiger partial charge in [0.2, 0.25) is 7.37 Å². The Labute approximate surface area is 102 Å². The molecule has 0 radical (unpaired) electrons. The fourth-order valence-corrected chi connectivity index (χ4v) is 1.89. The molecule has 5 heteroatoms. The fraction of sp³-hybridized carbons (Fsp3) is 0.500. The summed E-state index contributed by atoms with van der Waals surface area (Å²) < 4.78 is 16.7. The first-order valence-electron chi connectivity index (χ1n) is 5.71. The first-order valence-corrected chi connectivity index (χ1v) is 7.74. The molecule has 4 nitrogen and oxygen atoms in total. The van der Waals surface area contributed by atoms with Crippen molar-refractivity contribution in [3.8, 4) is 5.75 Å². The van der Waals surface area contributed by atoms with E-state index in [1.807, 2.05) is 19.1 Å². The van der Waals surface area contributed by atoms with Crippen molar-refractivity contribution in [3.05, 3.63) is 29.8 Å². The smallest absolute Gasteiger partial charge is 0.236 e. The molecule has 2 atom stereocenters. The molecule has 96 valence electrons. The van der Waals surface area contributed by atoms with Crippen molar-refractivity contribution in [1.82, 2.24) is 0 Å². The summed E-state index contributed by atoms with van der Waals surface area (Å²) in [7, 11) is -3.12. The first-order chi connectivity index (χ1) is 7.93. The van der Waals surface area contributed by atoms with Gasteiger partial charge in [0.1, 0.15) is 5.75 Å². The molecular formula is C12H20NO3P. The third-order valence-corrected chi connectivity index (χ3v) is 3.93. The molecule has 0 aliphatic heterocycles. The van der Waals surface area contributed by atoms with Crippen molar-refractivity contribution in [2.45, 2.75) is 26.3 Å². The van der Waals surface area contributed by atoms with E-state index in [4.69, 9.17) is 10.5 Å². The van der Waals surface area contributed by atoms with Crippen LogP contribution in [0.5, 0.6) is 5.75 Å². The van der Waals surface area contributed by atoms with E-state index in [1.54, 1.807) is 19.1 Å². The van der Waals surface area contributed by atoms with Gasteiger partial charge in [-0.05, 0) is 31.0 Å². The zero-order chi connectivity index (χ0) is 12.9. The number of nitrogens with two attached hydrogens (primary N) is 1. The largest absolute Gasteiger partial charge is 0.484 e. The van der Waals surface area contributed by atoms with Crippen molar-refractivity contribution < 1.29 is 14.2 Å². The Morgan fingerprint density at radius 1 is 1.41 bits per heavy atom. The lowest BCUT2D eigenvalue weighted by Gasteiger charge is -2.11. The third-order valence-electron chi connectivity index (χ3n) is 2.41. The summed E-state index contributed by atoms with van der Waals surface area (Å²) >= 11 is 0. The van der Waals surface area contributed by atoms with Crippen LogP contribution in [0.1, 0.15) is 19.4 Å². The molecule has 0 heterocycles. The molecule has 0 fully saturated rings. The second kappa shape index (κ2) is 6.20. The maximum absolute atomic E-state index is 11.4. The molecule has 1 rings (SSSR count). The van der Waals surface area contributed by atoms with Crippen LogP contribution in [0.15, 0.2) is 24.3 Å². The van der Waals surface area contributed by atoms with E-state index in [0.29, 0.717) is 5.75 Å². The van der Waals surface area contributed by atoms with Gasteiger partial charge in [-0.15, -0.1) is 0 Å². The lowest BCUT2D eigenvalue weighted by Crippen LogP contribution is -2.17. The van der Waals surface area contributed by atoms with Crippen molar-refractivity contribution in [2.75, 3.05) is 12.5 Å². The predicted octanol–water partition coefficient (Wildman–Crippen LogP) is 2.20. The lowest BCUT2D eigenvalue weighted by atomic mass is 10.1. The third kappa shape index (κ3) is 5.35. The summed E-state index contributed by atoms with van der Waals surface area (Å²) in [5, 5.41) is 0. The van der Waals surface area contributed by atoms with Gasteiger partial charge in [0.25, 0.3) is 0 Å². The summed E-state index contributed by atoms with van der Waals surface area (Å²) in [6.45, 7) is 3.63. The van der Waals surface area contributed by atoms with Crippen molar-refractivity contribution in [2.24, 2.45) is 5.73 Å². The molecule has 0 bridgehead atoms. The zero-order valence-corrected chi connectivity index (χ0v) is 11.2. The van der Waals surface area contributed by atoms with Crippen LogP contribution in [-0.2, 0) is 11.0 Å². The second-order valence-electron chi connectivity index (χ2n) is 4.26. The lowest BCUT2D eigenvalue weighted by molar-refractivity contribution is 0.350. The first kappa shape index (κ1) is 14.2. The van der Waals surface area contributed by atoms with Gasteiger partial charge in [0.15, 0.2) is 6.35 Å². The van der Waals surface area contributed by atoms with Crippen LogP contribution in [0.3, 0.4) is 0 Å². The van der Waals surface area contributed by atoms with Gasteiger partial charge in [-0.1, -0.05) is 19.1 Å². The topological polar surface area (TPSA) is 72.5 Å². The quantitative estimate of drug-likeness (QED) is 0.766. The minimum atomic E-state index is -3.12. The minimum Gasteiger partial charge on any atom is -0.484 e. The maximum Gasteiger partial charge on any atom is 0.236 e. The number of ether oxygens (including phenoxy) is 1. The summed E-state index contributed by atoms with van der Waals surface area (Å²) in [5.74, 6) is 0.612. The molecule has 1 aromatic carbocycles. The summed E-state index contributed by atoms with van der Waals surface area (Å²) in [6.07, 6.45) is 0.916. The molecule has 3 N–H and O–H groups in total. The van der Waals surface area contributed by atoms with Gasteiger partial charge in [0.05, 0.1) is 0 Å². The van der Waals surface area contributed by atoms with E-state index in [2.05, 4.69) is 0 Å². The SMILES string of the molecule is CCP(=O)(O)COc1ccc(CC(C)N)cc1. The van der Waals surface area contributed by atoms with Crippen LogP contribution in [0.4, 0.5) is 0 Å². The van der Waals surface area contributed by atoms with Gasteiger partial charge < -0.3 is 15.4 Å². The van der Waals surface area contributed by atoms with E-state index in [1.165, 1.54) is 0 Å². The van der Waals surface area contributed by atoms with Gasteiger partial charge in [-0.25, -0.2) is 0 Å². The van der Waals surface area contributed by atoms with Crippen LogP contribution in [0.2, 0.25) is 0 Å². The molecule has 0 amide bonds. The molecule has 2 unspecified atom stereocenters. The summed E-state index contributed by atoms with van der Waals surface area (Å²) in [4.78, 5) is 9.37. The Kier molecular flexibility index (Phi) is 5.19. The fourth-order valence-electron chi connectivity index (χ4n) is 1.36. The van der Waals surface area contributed by atoms with Crippen LogP contribution >= 0.6 is 7.37 Å². The second-order valence-corrected chi connectivity index (χ2v) is 6.84. The van der Waals surface area contributed by atoms with Gasteiger partial charge in [0, 0.05) is 12.2 Å². The number of hydrogen-bond acceptors (Lipinski definition) is 3. The van der Waals surface area contributed by atoms with Crippen LogP contribution in [-0.4, -0.2) is 23.4 Å². The molecular weight excluding hydrogens is 237 g/mol. The molecule has 0 aromatic heterocycles. The normalized spacial score (nSPS) is 16.2. The van der Waals surface area contributed by atoms with Gasteiger partial charge in [-0.3, -0.25) is 4.57 Å². The van der Waals surface area contributed by atoms with Gasteiger partial charge >= 0.3 is 0 Å². The highest BCUT2D eigenvalue weighted by Crippen LogP contribution is 2.39. The van der Waals surface area contributed by atoms with Crippen molar-refractivity contribution >= 4 is 7.37 Å². The summed E-state index contributed by atoms with van der Waals surface area (Å²) in [6, 6.07) is 7.57. The standard InChI is InChI=1S/C12H20NO3P/c1-3-17(14,15)9-16-12-6-4-11(5-7-12)8-10(2)13/h4-7,10H,3,8-9,13H2,1-2H3,(H,14,15). The molecule has 0 aliphatic rings. The van der Waals surface area contributed by atoms with E-state index in [0.717, 1.165) is 12.0 Å². The molecule has 1 aromatic rings. The maximum atomic E-state index is 11.4. The molecule has 0 saturated heterocycles. The predicted molar refractivity (Wildman–Crippen MR) is 69.7 cm³/mol. The average Bonchev–Trinajstić information content (AvgIpc) is 2.28. The van der Waals surface area contributed by atoms with Crippen LogP contribution in [0.25, 0.3) is 0 Å². The molecule has 17 heavy (non-hydrogen) atoms. The number of benzene rings is 1. The summed E-state index contributed by atoms with van der Waals surface area (Å²) in [5.41, 5.74) is 6.83. The average molecular weight is 257 g/mol. The van der Waals surface area contributed by atoms with E-state index >= 15 is 0 Å². The Hall–Kier alpha value is -0.830. The monoisotopic (exact) mass is 257 g/mol. The highest BCUT2D eigenvalue weighted by atomic mass is 31.2. The Morgan fingerprint density at radius 3 is 2.47 bits per heavy atom. The van der Waals surface area contributed by atoms with Crippen LogP contribution in [0, 0.1) is 0 Å². The zero-order valence-electron chi connectivity index (χ0n) is 10.3. The highest BCUT2D eigenvalue weighted by Gasteiger charge is 2.15.